The summed E-state index contributed by atoms with van der Waals surface area (Å²) in [4.78, 5) is 30.2. The molecule has 0 saturated heterocycles. The lowest BCUT2D eigenvalue weighted by Gasteiger charge is -2.52. The van der Waals surface area contributed by atoms with Gasteiger partial charge in [-0.15, -0.1) is 0 Å². The van der Waals surface area contributed by atoms with E-state index in [4.69, 9.17) is 4.74 Å². The van der Waals surface area contributed by atoms with Crippen LogP contribution in [0.4, 0.5) is 0 Å². The Morgan fingerprint density at radius 2 is 1.82 bits per heavy atom. The lowest BCUT2D eigenvalue weighted by Crippen LogP contribution is -2.68. The molecule has 5 rings (SSSR count). The van der Waals surface area contributed by atoms with E-state index in [1.54, 1.807) is 7.11 Å². The number of benzene rings is 1. The molecule has 0 unspecified atom stereocenters. The molecule has 2 heterocycles. The standard InChI is InChI=1S/C28H39N3O3/c1-18-9-8-12-23(19(18)2)31-26(32)25-15-20-13-14-22(34-4)16-24(20)30(25)17-28(31,3)27(33)29-21-10-6-5-7-11-21/h13-16,18-19,21,23H,5-12,17H2,1-4H3,(H,29,33)/t18-,19+,23-,28-/m1/s1. The molecule has 184 valence electrons. The number of carbonyl (C=O) groups excluding carboxylic acids is 2. The second-order valence-electron chi connectivity index (χ2n) is 11.1. The number of rotatable bonds is 4. The second kappa shape index (κ2) is 8.94. The van der Waals surface area contributed by atoms with E-state index in [2.05, 4.69) is 19.2 Å². The molecule has 2 aliphatic carbocycles. The Hall–Kier alpha value is -2.50. The molecule has 2 aromatic rings. The fourth-order valence-electron chi connectivity index (χ4n) is 6.64. The predicted molar refractivity (Wildman–Crippen MR) is 134 cm³/mol. The van der Waals surface area contributed by atoms with Crippen LogP contribution in [0.3, 0.4) is 0 Å². The highest BCUT2D eigenvalue weighted by Crippen LogP contribution is 2.41. The van der Waals surface area contributed by atoms with Crippen molar-refractivity contribution in [1.29, 1.82) is 0 Å². The largest absolute Gasteiger partial charge is 0.497 e. The van der Waals surface area contributed by atoms with Gasteiger partial charge in [0, 0.05) is 23.5 Å². The van der Waals surface area contributed by atoms with Gasteiger partial charge in [-0.2, -0.15) is 0 Å². The van der Waals surface area contributed by atoms with Gasteiger partial charge in [0.25, 0.3) is 5.91 Å². The third-order valence-corrected chi connectivity index (χ3v) is 8.97. The molecule has 1 aromatic carbocycles. The van der Waals surface area contributed by atoms with E-state index < -0.39 is 5.54 Å². The fourth-order valence-corrected chi connectivity index (χ4v) is 6.64. The fraction of sp³-hybridized carbons (Fsp3) is 0.643. The lowest BCUT2D eigenvalue weighted by atomic mass is 9.75. The first-order chi connectivity index (χ1) is 16.3. The van der Waals surface area contributed by atoms with Crippen LogP contribution in [0.15, 0.2) is 24.3 Å². The van der Waals surface area contributed by atoms with E-state index in [0.29, 0.717) is 24.1 Å². The summed E-state index contributed by atoms with van der Waals surface area (Å²) in [5.74, 6) is 1.62. The summed E-state index contributed by atoms with van der Waals surface area (Å²) in [5, 5.41) is 4.37. The van der Waals surface area contributed by atoms with Gasteiger partial charge < -0.3 is 19.5 Å². The van der Waals surface area contributed by atoms with Crippen LogP contribution in [0.2, 0.25) is 0 Å². The minimum atomic E-state index is -0.938. The van der Waals surface area contributed by atoms with Crippen LogP contribution in [0.5, 0.6) is 5.75 Å². The Morgan fingerprint density at radius 3 is 2.56 bits per heavy atom. The Labute approximate surface area is 203 Å². The molecule has 2 amide bonds. The predicted octanol–water partition coefficient (Wildman–Crippen LogP) is 5.14. The highest BCUT2D eigenvalue weighted by atomic mass is 16.5. The first-order valence-corrected chi connectivity index (χ1v) is 13.2. The molecule has 1 N–H and O–H groups in total. The summed E-state index contributed by atoms with van der Waals surface area (Å²) < 4.78 is 7.51. The van der Waals surface area contributed by atoms with Crippen molar-refractivity contribution in [2.45, 2.75) is 96.3 Å². The highest BCUT2D eigenvalue weighted by molar-refractivity contribution is 6.04. The molecule has 6 nitrogen and oxygen atoms in total. The number of aromatic nitrogens is 1. The van der Waals surface area contributed by atoms with E-state index in [1.807, 2.05) is 40.7 Å². The zero-order valence-corrected chi connectivity index (χ0v) is 21.1. The molecular formula is C28H39N3O3. The average molecular weight is 466 g/mol. The molecule has 0 spiro atoms. The quantitative estimate of drug-likeness (QED) is 0.680. The number of fused-ring (bicyclic) bond motifs is 3. The van der Waals surface area contributed by atoms with Gasteiger partial charge in [-0.3, -0.25) is 9.59 Å². The molecule has 34 heavy (non-hydrogen) atoms. The van der Waals surface area contributed by atoms with Crippen LogP contribution < -0.4 is 10.1 Å². The zero-order chi connectivity index (χ0) is 24.0. The van der Waals surface area contributed by atoms with Crippen molar-refractivity contribution in [2.75, 3.05) is 7.11 Å². The third-order valence-electron chi connectivity index (χ3n) is 8.97. The molecule has 0 bridgehead atoms. The topological polar surface area (TPSA) is 63.6 Å². The number of carbonyl (C=O) groups is 2. The molecule has 0 radical (unpaired) electrons. The summed E-state index contributed by atoms with van der Waals surface area (Å²) >= 11 is 0. The van der Waals surface area contributed by atoms with Crippen molar-refractivity contribution in [3.8, 4) is 5.75 Å². The van der Waals surface area contributed by atoms with E-state index in [-0.39, 0.29) is 23.9 Å². The van der Waals surface area contributed by atoms with E-state index in [9.17, 15) is 9.59 Å². The van der Waals surface area contributed by atoms with Crippen molar-refractivity contribution in [2.24, 2.45) is 11.8 Å². The molecule has 2 fully saturated rings. The molecule has 1 aliphatic heterocycles. The maximum atomic E-state index is 14.2. The number of nitrogens with one attached hydrogen (secondary N) is 1. The van der Waals surface area contributed by atoms with Gasteiger partial charge in [-0.1, -0.05) is 46.0 Å². The normalized spacial score (nSPS) is 30.3. The van der Waals surface area contributed by atoms with Crippen LogP contribution in [-0.2, 0) is 11.3 Å². The van der Waals surface area contributed by atoms with Gasteiger partial charge in [0.1, 0.15) is 17.0 Å². The van der Waals surface area contributed by atoms with Crippen LogP contribution in [0.1, 0.15) is 82.6 Å². The average Bonchev–Trinajstić information content (AvgIpc) is 3.20. The van der Waals surface area contributed by atoms with Crippen molar-refractivity contribution in [3.63, 3.8) is 0 Å². The Bertz CT molecular complexity index is 1090. The highest BCUT2D eigenvalue weighted by Gasteiger charge is 2.52. The van der Waals surface area contributed by atoms with Crippen LogP contribution in [0.25, 0.3) is 10.9 Å². The Balaban J connectivity index is 1.59. The molecular weight excluding hydrogens is 426 g/mol. The van der Waals surface area contributed by atoms with Gasteiger partial charge in [0.2, 0.25) is 5.91 Å². The number of hydrogen-bond donors (Lipinski definition) is 1. The first-order valence-electron chi connectivity index (χ1n) is 13.2. The maximum absolute atomic E-state index is 14.2. The summed E-state index contributed by atoms with van der Waals surface area (Å²) in [6.07, 6.45) is 8.86. The zero-order valence-electron chi connectivity index (χ0n) is 21.1. The molecule has 3 aliphatic rings. The molecule has 2 saturated carbocycles. The minimum Gasteiger partial charge on any atom is -0.497 e. The van der Waals surface area contributed by atoms with Crippen molar-refractivity contribution in [3.05, 3.63) is 30.0 Å². The van der Waals surface area contributed by atoms with Crippen LogP contribution >= 0.6 is 0 Å². The molecule has 4 atom stereocenters. The van der Waals surface area contributed by atoms with E-state index >= 15 is 0 Å². The summed E-state index contributed by atoms with van der Waals surface area (Å²) in [6, 6.07) is 8.17. The number of methoxy groups -OCH3 is 1. The smallest absolute Gasteiger partial charge is 0.271 e. The number of ether oxygens (including phenoxy) is 1. The first kappa shape index (κ1) is 23.3. The van der Waals surface area contributed by atoms with Gasteiger partial charge in [-0.05, 0) is 56.2 Å². The monoisotopic (exact) mass is 465 g/mol. The van der Waals surface area contributed by atoms with Crippen molar-refractivity contribution in [1.82, 2.24) is 14.8 Å². The summed E-state index contributed by atoms with van der Waals surface area (Å²) in [6.45, 7) is 7.00. The van der Waals surface area contributed by atoms with E-state index in [1.165, 1.54) is 12.8 Å². The third kappa shape index (κ3) is 3.79. The minimum absolute atomic E-state index is 0.00595. The molecule has 1 aromatic heterocycles. The van der Waals surface area contributed by atoms with Gasteiger partial charge in [0.05, 0.1) is 19.2 Å². The van der Waals surface area contributed by atoms with Crippen molar-refractivity contribution < 1.29 is 14.3 Å². The van der Waals surface area contributed by atoms with Crippen LogP contribution in [-0.4, -0.2) is 46.0 Å². The maximum Gasteiger partial charge on any atom is 0.271 e. The Morgan fingerprint density at radius 1 is 1.06 bits per heavy atom. The van der Waals surface area contributed by atoms with Gasteiger partial charge >= 0.3 is 0 Å². The summed E-state index contributed by atoms with van der Waals surface area (Å²) in [5.41, 5.74) is 0.688. The van der Waals surface area contributed by atoms with Gasteiger partial charge in [-0.25, -0.2) is 0 Å². The molecule has 6 heteroatoms. The Kier molecular flexibility index (Phi) is 6.11. The van der Waals surface area contributed by atoms with E-state index in [0.717, 1.165) is 55.2 Å². The van der Waals surface area contributed by atoms with Crippen LogP contribution in [0, 0.1) is 11.8 Å². The number of hydrogen-bond acceptors (Lipinski definition) is 3. The summed E-state index contributed by atoms with van der Waals surface area (Å²) in [7, 11) is 1.65. The number of nitrogens with zero attached hydrogens (tertiary/aromatic N) is 2. The second-order valence-corrected chi connectivity index (χ2v) is 11.1. The number of amides is 2. The van der Waals surface area contributed by atoms with Gasteiger partial charge in [0.15, 0.2) is 0 Å². The van der Waals surface area contributed by atoms with Crippen molar-refractivity contribution >= 4 is 22.7 Å². The lowest BCUT2D eigenvalue weighted by molar-refractivity contribution is -0.136. The SMILES string of the molecule is COc1ccc2cc3n(c2c1)C[C@](C)(C(=O)NC1CCCCC1)N([C@@H]1CCC[C@@H](C)[C@@H]1C)C3=O.